The van der Waals surface area contributed by atoms with Crippen molar-refractivity contribution in [2.75, 3.05) is 0 Å². The van der Waals surface area contributed by atoms with E-state index in [-0.39, 0.29) is 8.07 Å². The third-order valence-corrected chi connectivity index (χ3v) is 7.62. The van der Waals surface area contributed by atoms with Crippen LogP contribution in [0.4, 0.5) is 0 Å². The summed E-state index contributed by atoms with van der Waals surface area (Å²) in [5, 5.41) is 0. The lowest BCUT2D eigenvalue weighted by molar-refractivity contribution is 1.05. The number of halogens is 1. The molecule has 0 aromatic heterocycles. The van der Waals surface area contributed by atoms with E-state index < -0.39 is 0 Å². The Morgan fingerprint density at radius 1 is 0.800 bits per heavy atom. The Hall–Kier alpha value is -0.480. The van der Waals surface area contributed by atoms with E-state index in [1.54, 1.807) is 9.79 Å². The molecule has 0 saturated carbocycles. The van der Waals surface area contributed by atoms with Crippen LogP contribution >= 0.6 is 29.3 Å². The molecule has 3 rings (SSSR count). The first-order chi connectivity index (χ1) is 7.36. The maximum absolute atomic E-state index is 2.60. The van der Waals surface area contributed by atoms with Crippen molar-refractivity contribution in [3.8, 4) is 0 Å². The Balaban J connectivity index is 2.20. The van der Waals surface area contributed by atoms with E-state index in [9.17, 15) is 0 Å². The van der Waals surface area contributed by atoms with E-state index >= 15 is 0 Å². The van der Waals surface area contributed by atoms with Crippen molar-refractivity contribution in [2.45, 2.75) is 16.2 Å². The van der Waals surface area contributed by atoms with E-state index in [0.717, 1.165) is 6.42 Å². The van der Waals surface area contributed by atoms with Gasteiger partial charge in [0, 0.05) is 9.79 Å². The van der Waals surface area contributed by atoms with Crippen LogP contribution in [-0.2, 0) is 6.42 Å². The topological polar surface area (TPSA) is 0 Å². The molecular weight excluding hydrogens is 315 g/mol. The first-order valence-corrected chi connectivity index (χ1v) is 9.11. The Morgan fingerprint density at radius 2 is 1.27 bits per heavy atom. The fraction of sp³-hybridized carbons (Fsp3) is 0.0769. The Morgan fingerprint density at radius 3 is 1.80 bits per heavy atom. The van der Waals surface area contributed by atoms with Gasteiger partial charge in [0.2, 0.25) is 0 Å². The van der Waals surface area contributed by atoms with Crippen LogP contribution in [-0.4, -0.2) is 0 Å². The first kappa shape index (κ1) is 9.73. The van der Waals surface area contributed by atoms with Crippen LogP contribution in [0, 0.1) is 0 Å². The molecule has 1 aliphatic rings. The molecule has 2 heteroatoms. The largest absolute Gasteiger partial charge is 0.144 e. The highest BCUT2D eigenvalue weighted by Crippen LogP contribution is 2.56. The molecule has 1 aliphatic heterocycles. The summed E-state index contributed by atoms with van der Waals surface area (Å²) < 4.78 is 0. The summed E-state index contributed by atoms with van der Waals surface area (Å²) in [5.41, 5.74) is 3.02. The van der Waals surface area contributed by atoms with E-state index in [4.69, 9.17) is 0 Å². The maximum atomic E-state index is 2.60. The van der Waals surface area contributed by atoms with Gasteiger partial charge in [-0.25, -0.2) is 0 Å². The monoisotopic (exact) mass is 326 g/mol. The van der Waals surface area contributed by atoms with E-state index in [1.165, 1.54) is 11.1 Å². The molecule has 76 valence electrons. The van der Waals surface area contributed by atoms with Gasteiger partial charge in [-0.1, -0.05) is 36.4 Å². The normalized spacial score (nSPS) is 15.7. The summed E-state index contributed by atoms with van der Waals surface area (Å²) in [4.78, 5) is 3.10. The number of hydrogen-bond acceptors (Lipinski definition) is 0. The van der Waals surface area contributed by atoms with Crippen molar-refractivity contribution in [1.82, 2.24) is 0 Å². The van der Waals surface area contributed by atoms with Gasteiger partial charge in [0.15, 0.2) is 0 Å². The quantitative estimate of drug-likeness (QED) is 0.540. The van der Waals surface area contributed by atoms with E-state index in [0.29, 0.717) is 0 Å². The predicted molar refractivity (Wildman–Crippen MR) is 75.2 cm³/mol. The van der Waals surface area contributed by atoms with Crippen LogP contribution in [0.1, 0.15) is 11.1 Å². The van der Waals surface area contributed by atoms with Gasteiger partial charge >= 0.3 is 0 Å². The molecule has 0 atom stereocenters. The standard InChI is InChI=1S/C13H11IS/c14-15-12-7-3-1-5-10(12)9-11-6-2-4-8-13(11)15/h1-8,15H,9H2. The van der Waals surface area contributed by atoms with Crippen molar-refractivity contribution >= 4 is 29.3 Å². The molecule has 1 heterocycles. The molecule has 15 heavy (non-hydrogen) atoms. The van der Waals surface area contributed by atoms with Gasteiger partial charge in [-0.05, 0) is 50.9 Å². The zero-order chi connectivity index (χ0) is 10.3. The van der Waals surface area contributed by atoms with Crippen LogP contribution < -0.4 is 0 Å². The first-order valence-electron chi connectivity index (χ1n) is 4.98. The van der Waals surface area contributed by atoms with Gasteiger partial charge in [-0.15, -0.1) is 8.07 Å². The summed E-state index contributed by atoms with van der Waals surface area (Å²) in [6.07, 6.45) is 1.11. The van der Waals surface area contributed by atoms with Gasteiger partial charge in [0.05, 0.1) is 0 Å². The smallest absolute Gasteiger partial charge is 0.00361 e. The lowest BCUT2D eigenvalue weighted by Crippen LogP contribution is -2.00. The second-order valence-electron chi connectivity index (χ2n) is 3.72. The highest BCUT2D eigenvalue weighted by atomic mass is 127. The lowest BCUT2D eigenvalue weighted by atomic mass is 10.0. The third kappa shape index (κ3) is 1.60. The molecule has 2 aromatic carbocycles. The van der Waals surface area contributed by atoms with Crippen LogP contribution in [0.15, 0.2) is 58.3 Å². The average Bonchev–Trinajstić information content (AvgIpc) is 2.30. The van der Waals surface area contributed by atoms with Crippen LogP contribution in [0.3, 0.4) is 0 Å². The molecular formula is C13H11IS. The van der Waals surface area contributed by atoms with Crippen LogP contribution in [0.2, 0.25) is 0 Å². The minimum absolute atomic E-state index is 0.153. The molecule has 0 aliphatic carbocycles. The summed E-state index contributed by atoms with van der Waals surface area (Å²) in [6, 6.07) is 17.7. The van der Waals surface area contributed by atoms with Crippen molar-refractivity contribution < 1.29 is 0 Å². The van der Waals surface area contributed by atoms with Gasteiger partial charge in [-0.2, -0.15) is 0 Å². The summed E-state index contributed by atoms with van der Waals surface area (Å²) in [5.74, 6) is 0. The van der Waals surface area contributed by atoms with Crippen molar-refractivity contribution in [3.05, 3.63) is 59.7 Å². The molecule has 0 nitrogen and oxygen atoms in total. The van der Waals surface area contributed by atoms with Gasteiger partial charge in [-0.3, -0.25) is 0 Å². The molecule has 0 N–H and O–H groups in total. The highest BCUT2D eigenvalue weighted by Gasteiger charge is 2.19. The molecule has 0 saturated heterocycles. The summed E-state index contributed by atoms with van der Waals surface area (Å²) in [6.45, 7) is 0. The fourth-order valence-electron chi connectivity index (χ4n) is 2.04. The molecule has 0 radical (unpaired) electrons. The summed E-state index contributed by atoms with van der Waals surface area (Å²) in [7, 11) is -0.153. The number of fused-ring (bicyclic) bond motifs is 2. The number of thiol groups is 1. The van der Waals surface area contributed by atoms with Crippen molar-refractivity contribution in [3.63, 3.8) is 0 Å². The zero-order valence-electron chi connectivity index (χ0n) is 8.15. The predicted octanol–water partition coefficient (Wildman–Crippen LogP) is 4.36. The lowest BCUT2D eigenvalue weighted by Gasteiger charge is -2.26. The molecule has 0 bridgehead atoms. The third-order valence-electron chi connectivity index (χ3n) is 2.79. The second kappa shape index (κ2) is 3.83. The number of rotatable bonds is 0. The molecule has 0 spiro atoms. The Labute approximate surface area is 105 Å². The molecule has 2 aromatic rings. The summed E-state index contributed by atoms with van der Waals surface area (Å²) >= 11 is 2.60. The van der Waals surface area contributed by atoms with E-state index in [1.807, 2.05) is 0 Å². The van der Waals surface area contributed by atoms with Gasteiger partial charge in [0.25, 0.3) is 0 Å². The van der Waals surface area contributed by atoms with Crippen LogP contribution in [0.5, 0.6) is 0 Å². The van der Waals surface area contributed by atoms with Crippen molar-refractivity contribution in [1.29, 1.82) is 0 Å². The number of hydrogen-bond donors (Lipinski definition) is 1. The fourth-order valence-corrected chi connectivity index (χ4v) is 6.37. The SMILES string of the molecule is I[SH]1c2ccccc2Cc2ccccc21. The maximum Gasteiger partial charge on any atom is 0.00361 e. The van der Waals surface area contributed by atoms with Gasteiger partial charge in [0.1, 0.15) is 0 Å². The van der Waals surface area contributed by atoms with Crippen molar-refractivity contribution in [2.24, 2.45) is 0 Å². The highest BCUT2D eigenvalue weighted by molar-refractivity contribution is 14.2. The Kier molecular flexibility index (Phi) is 2.48. The Bertz CT molecular complexity index is 462. The molecule has 0 amide bonds. The minimum Gasteiger partial charge on any atom is -0.144 e. The minimum atomic E-state index is -0.153. The van der Waals surface area contributed by atoms with E-state index in [2.05, 4.69) is 69.7 Å². The van der Waals surface area contributed by atoms with Gasteiger partial charge < -0.3 is 0 Å². The number of benzene rings is 2. The molecule has 0 fully saturated rings. The molecule has 0 unspecified atom stereocenters. The van der Waals surface area contributed by atoms with Crippen LogP contribution in [0.25, 0.3) is 0 Å². The average molecular weight is 326 g/mol. The zero-order valence-corrected chi connectivity index (χ0v) is 11.2. The second-order valence-corrected chi connectivity index (χ2v) is 8.13.